The third kappa shape index (κ3) is 4.23. The molecule has 0 rings (SSSR count). The molecule has 0 saturated heterocycles. The highest BCUT2D eigenvalue weighted by molar-refractivity contribution is 5.00. The summed E-state index contributed by atoms with van der Waals surface area (Å²) in [4.78, 5) is 0. The highest BCUT2D eigenvalue weighted by atomic mass is 14.8. The van der Waals surface area contributed by atoms with E-state index >= 15 is 0 Å². The van der Waals surface area contributed by atoms with Crippen LogP contribution in [0, 0.1) is 5.41 Å². The number of rotatable bonds is 9. The summed E-state index contributed by atoms with van der Waals surface area (Å²) in [5, 5.41) is 0. The van der Waals surface area contributed by atoms with E-state index in [9.17, 15) is 0 Å². The summed E-state index contributed by atoms with van der Waals surface area (Å²) in [5.74, 6) is 0. The Kier molecular flexibility index (Phi) is 8.01. The maximum Gasteiger partial charge on any atom is 0.0128 e. The summed E-state index contributed by atoms with van der Waals surface area (Å²) in [6, 6.07) is 0.321. The molecule has 0 aliphatic rings. The Balaban J connectivity index is 4.90. The lowest BCUT2D eigenvalue weighted by Gasteiger charge is -2.45. The van der Waals surface area contributed by atoms with Crippen molar-refractivity contribution in [2.75, 3.05) is 0 Å². The minimum Gasteiger partial charge on any atom is -0.327 e. The molecule has 0 radical (unpaired) electrons. The standard InChI is InChI=1S/C14H33N3/c1-5-8-11(15)14(4,12(16)9-6-2)13(17)10-7-3/h11-13H,5-10,15-17H2,1-4H3. The lowest BCUT2D eigenvalue weighted by atomic mass is 9.67. The van der Waals surface area contributed by atoms with Crippen LogP contribution >= 0.6 is 0 Å². The molecule has 0 aliphatic heterocycles. The summed E-state index contributed by atoms with van der Waals surface area (Å²) in [6.45, 7) is 8.68. The van der Waals surface area contributed by atoms with Crippen LogP contribution < -0.4 is 17.2 Å². The third-order valence-corrected chi connectivity index (χ3v) is 4.20. The Morgan fingerprint density at radius 3 is 1.12 bits per heavy atom. The van der Waals surface area contributed by atoms with E-state index in [2.05, 4.69) is 27.7 Å². The zero-order valence-electron chi connectivity index (χ0n) is 12.2. The Morgan fingerprint density at radius 1 is 0.706 bits per heavy atom. The minimum absolute atomic E-state index is 0.107. The average molecular weight is 243 g/mol. The van der Waals surface area contributed by atoms with Crippen molar-refractivity contribution in [1.82, 2.24) is 0 Å². The summed E-state index contributed by atoms with van der Waals surface area (Å²) < 4.78 is 0. The maximum absolute atomic E-state index is 6.37. The Labute approximate surface area is 108 Å². The molecule has 104 valence electrons. The van der Waals surface area contributed by atoms with Crippen molar-refractivity contribution in [2.24, 2.45) is 22.6 Å². The number of nitrogens with two attached hydrogens (primary N) is 3. The smallest absolute Gasteiger partial charge is 0.0128 e. The quantitative estimate of drug-likeness (QED) is 0.582. The van der Waals surface area contributed by atoms with Crippen molar-refractivity contribution in [2.45, 2.75) is 84.3 Å². The molecule has 0 aromatic rings. The summed E-state index contributed by atoms with van der Waals surface area (Å²) in [7, 11) is 0. The fourth-order valence-corrected chi connectivity index (χ4v) is 2.69. The molecule has 3 atom stereocenters. The molecule has 0 fully saturated rings. The molecule has 3 nitrogen and oxygen atoms in total. The molecule has 3 heteroatoms. The number of hydrogen-bond donors (Lipinski definition) is 3. The van der Waals surface area contributed by atoms with E-state index in [0.29, 0.717) is 0 Å². The predicted octanol–water partition coefficient (Wildman–Crippen LogP) is 2.37. The zero-order valence-corrected chi connectivity index (χ0v) is 12.2. The van der Waals surface area contributed by atoms with E-state index in [4.69, 9.17) is 17.2 Å². The van der Waals surface area contributed by atoms with Crippen molar-refractivity contribution in [3.05, 3.63) is 0 Å². The van der Waals surface area contributed by atoms with Crippen LogP contribution in [0.1, 0.15) is 66.2 Å². The van der Waals surface area contributed by atoms with Gasteiger partial charge in [0.2, 0.25) is 0 Å². The first kappa shape index (κ1) is 16.9. The monoisotopic (exact) mass is 243 g/mol. The van der Waals surface area contributed by atoms with Crippen LogP contribution in [-0.4, -0.2) is 18.1 Å². The first-order chi connectivity index (χ1) is 7.94. The molecule has 0 heterocycles. The van der Waals surface area contributed by atoms with Crippen LogP contribution in [0.4, 0.5) is 0 Å². The van der Waals surface area contributed by atoms with Gasteiger partial charge in [0.25, 0.3) is 0 Å². The van der Waals surface area contributed by atoms with Crippen molar-refractivity contribution >= 4 is 0 Å². The Morgan fingerprint density at radius 2 is 0.941 bits per heavy atom. The van der Waals surface area contributed by atoms with E-state index in [0.717, 1.165) is 38.5 Å². The first-order valence-electron chi connectivity index (χ1n) is 7.21. The van der Waals surface area contributed by atoms with Gasteiger partial charge in [0.05, 0.1) is 0 Å². The van der Waals surface area contributed by atoms with Gasteiger partial charge >= 0.3 is 0 Å². The van der Waals surface area contributed by atoms with Gasteiger partial charge in [-0.25, -0.2) is 0 Å². The normalized spacial score (nSPS) is 20.6. The van der Waals surface area contributed by atoms with Gasteiger partial charge in [0.15, 0.2) is 0 Å². The molecule has 0 bridgehead atoms. The lowest BCUT2D eigenvalue weighted by Crippen LogP contribution is -2.60. The SMILES string of the molecule is CCCC(N)C(C)(C(N)CCC)C(N)CCC. The molecule has 0 amide bonds. The molecule has 0 saturated carbocycles. The molecule has 3 unspecified atom stereocenters. The third-order valence-electron chi connectivity index (χ3n) is 4.20. The minimum atomic E-state index is -0.137. The Hall–Kier alpha value is -0.120. The topological polar surface area (TPSA) is 78.1 Å². The summed E-state index contributed by atoms with van der Waals surface area (Å²) in [5.41, 5.74) is 19.0. The van der Waals surface area contributed by atoms with Crippen molar-refractivity contribution in [1.29, 1.82) is 0 Å². The molecular weight excluding hydrogens is 210 g/mol. The van der Waals surface area contributed by atoms with Crippen LogP contribution in [0.3, 0.4) is 0 Å². The van der Waals surface area contributed by atoms with Crippen molar-refractivity contribution in [3.63, 3.8) is 0 Å². The molecule has 0 spiro atoms. The largest absolute Gasteiger partial charge is 0.327 e. The van der Waals surface area contributed by atoms with Crippen LogP contribution in [0.25, 0.3) is 0 Å². The highest BCUT2D eigenvalue weighted by Crippen LogP contribution is 2.33. The first-order valence-corrected chi connectivity index (χ1v) is 7.21. The number of hydrogen-bond acceptors (Lipinski definition) is 3. The zero-order chi connectivity index (χ0) is 13.5. The van der Waals surface area contributed by atoms with Crippen LogP contribution in [0.5, 0.6) is 0 Å². The molecule has 6 N–H and O–H groups in total. The second-order valence-corrected chi connectivity index (χ2v) is 5.55. The van der Waals surface area contributed by atoms with Gasteiger partial charge in [0.1, 0.15) is 0 Å². The van der Waals surface area contributed by atoms with Crippen molar-refractivity contribution < 1.29 is 0 Å². The highest BCUT2D eigenvalue weighted by Gasteiger charge is 2.41. The molecule has 0 aromatic carbocycles. The van der Waals surface area contributed by atoms with E-state index in [1.165, 1.54) is 0 Å². The van der Waals surface area contributed by atoms with Gasteiger partial charge in [-0.05, 0) is 19.3 Å². The van der Waals surface area contributed by atoms with Crippen LogP contribution in [0.2, 0.25) is 0 Å². The van der Waals surface area contributed by atoms with E-state index in [1.54, 1.807) is 0 Å². The van der Waals surface area contributed by atoms with Gasteiger partial charge in [-0.1, -0.05) is 47.0 Å². The lowest BCUT2D eigenvalue weighted by molar-refractivity contribution is 0.131. The molecule has 17 heavy (non-hydrogen) atoms. The van der Waals surface area contributed by atoms with Crippen LogP contribution in [-0.2, 0) is 0 Å². The second-order valence-electron chi connectivity index (χ2n) is 5.55. The summed E-state index contributed by atoms with van der Waals surface area (Å²) in [6.07, 6.45) is 6.29. The average Bonchev–Trinajstić information content (AvgIpc) is 2.28. The van der Waals surface area contributed by atoms with Gasteiger partial charge in [-0.15, -0.1) is 0 Å². The summed E-state index contributed by atoms with van der Waals surface area (Å²) >= 11 is 0. The van der Waals surface area contributed by atoms with E-state index < -0.39 is 0 Å². The fraction of sp³-hybridized carbons (Fsp3) is 1.00. The predicted molar refractivity (Wildman–Crippen MR) is 76.8 cm³/mol. The molecule has 0 aromatic heterocycles. The second kappa shape index (κ2) is 8.06. The maximum atomic E-state index is 6.37. The molecular formula is C14H33N3. The van der Waals surface area contributed by atoms with Gasteiger partial charge in [0, 0.05) is 23.5 Å². The fourth-order valence-electron chi connectivity index (χ4n) is 2.69. The Bertz CT molecular complexity index is 163. The van der Waals surface area contributed by atoms with Crippen molar-refractivity contribution in [3.8, 4) is 0 Å². The van der Waals surface area contributed by atoms with Gasteiger partial charge in [-0.3, -0.25) is 0 Å². The van der Waals surface area contributed by atoms with Gasteiger partial charge in [-0.2, -0.15) is 0 Å². The van der Waals surface area contributed by atoms with Crippen LogP contribution in [0.15, 0.2) is 0 Å². The molecule has 0 aliphatic carbocycles. The van der Waals surface area contributed by atoms with E-state index in [1.807, 2.05) is 0 Å². The van der Waals surface area contributed by atoms with Gasteiger partial charge < -0.3 is 17.2 Å². The van der Waals surface area contributed by atoms with E-state index in [-0.39, 0.29) is 23.5 Å².